The third kappa shape index (κ3) is 4.08. The van der Waals surface area contributed by atoms with E-state index in [0.29, 0.717) is 19.5 Å². The molecule has 1 aromatic heterocycles. The van der Waals surface area contributed by atoms with E-state index in [1.807, 2.05) is 0 Å². The van der Waals surface area contributed by atoms with E-state index in [1.54, 1.807) is 4.57 Å². The van der Waals surface area contributed by atoms with Gasteiger partial charge in [0, 0.05) is 43.8 Å². The zero-order valence-electron chi connectivity index (χ0n) is 15.0. The number of nitro benzene ring substituents is 1. The Bertz CT molecular complexity index is 960. The molecule has 0 radical (unpaired) electrons. The number of non-ortho nitro benzene ring substituents is 1. The number of carboxylic acid groups (broad SMARTS) is 1. The number of nitrogens with zero attached hydrogens (tertiary/aromatic N) is 4. The van der Waals surface area contributed by atoms with Crippen LogP contribution in [-0.4, -0.2) is 42.8 Å². The molecule has 3 rings (SSSR count). The number of aromatic nitrogens is 3. The maximum absolute atomic E-state index is 12.2. The molecule has 1 amide bonds. The lowest BCUT2D eigenvalue weighted by Gasteiger charge is -2.09. The molecule has 0 saturated carbocycles. The van der Waals surface area contributed by atoms with E-state index < -0.39 is 22.5 Å². The van der Waals surface area contributed by atoms with E-state index in [-0.39, 0.29) is 23.4 Å². The van der Waals surface area contributed by atoms with Gasteiger partial charge in [0.1, 0.15) is 5.82 Å². The van der Waals surface area contributed by atoms with Crippen molar-refractivity contribution in [3.8, 4) is 0 Å². The molecule has 0 fully saturated rings. The molecule has 1 aliphatic heterocycles. The van der Waals surface area contributed by atoms with E-state index in [4.69, 9.17) is 5.11 Å². The first-order valence-electron chi connectivity index (χ1n) is 8.84. The predicted molar refractivity (Wildman–Crippen MR) is 96.4 cm³/mol. The fourth-order valence-corrected chi connectivity index (χ4v) is 3.10. The number of carbonyl (C=O) groups excluding carboxylic acids is 1. The summed E-state index contributed by atoms with van der Waals surface area (Å²) in [5.74, 6) is -1.21. The molecule has 1 aliphatic rings. The standard InChI is InChI=1S/C17H19N5O6/c23-15(11-8-12(16(24)25)10-13(9-11)22(27)28)18-5-3-7-21-17(26)20-6-2-1-4-14(20)19-21/h8-10H,1-7H2,(H,18,23)(H,24,25). The van der Waals surface area contributed by atoms with Crippen LogP contribution in [0, 0.1) is 10.1 Å². The highest BCUT2D eigenvalue weighted by Gasteiger charge is 2.18. The zero-order valence-corrected chi connectivity index (χ0v) is 15.0. The number of aromatic carboxylic acids is 1. The van der Waals surface area contributed by atoms with Crippen molar-refractivity contribution in [2.45, 2.75) is 38.8 Å². The van der Waals surface area contributed by atoms with Gasteiger partial charge in [0.15, 0.2) is 0 Å². The van der Waals surface area contributed by atoms with Crippen molar-refractivity contribution < 1.29 is 19.6 Å². The number of hydrogen-bond acceptors (Lipinski definition) is 6. The van der Waals surface area contributed by atoms with Gasteiger partial charge in [-0.15, -0.1) is 0 Å². The Morgan fingerprint density at radius 2 is 2.00 bits per heavy atom. The molecule has 11 heteroatoms. The topological polar surface area (TPSA) is 149 Å². The number of aryl methyl sites for hydroxylation is 2. The monoisotopic (exact) mass is 389 g/mol. The Morgan fingerprint density at radius 1 is 1.25 bits per heavy atom. The minimum Gasteiger partial charge on any atom is -0.478 e. The number of hydrogen-bond donors (Lipinski definition) is 2. The van der Waals surface area contributed by atoms with Crippen molar-refractivity contribution in [1.82, 2.24) is 19.7 Å². The number of carboxylic acids is 1. The van der Waals surface area contributed by atoms with Gasteiger partial charge >= 0.3 is 11.7 Å². The van der Waals surface area contributed by atoms with E-state index in [0.717, 1.165) is 43.3 Å². The molecule has 2 N–H and O–H groups in total. The Kier molecular flexibility index (Phi) is 5.52. The van der Waals surface area contributed by atoms with Gasteiger partial charge in [-0.25, -0.2) is 14.3 Å². The van der Waals surface area contributed by atoms with E-state index in [2.05, 4.69) is 10.4 Å². The first-order chi connectivity index (χ1) is 13.4. The number of nitro groups is 1. The highest BCUT2D eigenvalue weighted by molar-refractivity contribution is 5.98. The summed E-state index contributed by atoms with van der Waals surface area (Å²) in [5.41, 5.74) is -1.08. The second kappa shape index (κ2) is 8.03. The van der Waals surface area contributed by atoms with Crippen LogP contribution in [0.4, 0.5) is 5.69 Å². The SMILES string of the molecule is O=C(O)c1cc(C(=O)NCCCn2nc3n(c2=O)CCCC3)cc([N+](=O)[O-])c1. The van der Waals surface area contributed by atoms with Crippen molar-refractivity contribution in [2.75, 3.05) is 6.54 Å². The quantitative estimate of drug-likeness (QED) is 0.404. The van der Waals surface area contributed by atoms with Crippen molar-refractivity contribution in [1.29, 1.82) is 0 Å². The summed E-state index contributed by atoms with van der Waals surface area (Å²) < 4.78 is 3.04. The van der Waals surface area contributed by atoms with Crippen molar-refractivity contribution in [3.05, 3.63) is 55.7 Å². The fraction of sp³-hybridized carbons (Fsp3) is 0.412. The van der Waals surface area contributed by atoms with Crippen molar-refractivity contribution in [2.24, 2.45) is 0 Å². The van der Waals surface area contributed by atoms with Crippen LogP contribution in [0.5, 0.6) is 0 Å². The van der Waals surface area contributed by atoms with E-state index in [1.165, 1.54) is 4.68 Å². The number of nitrogens with one attached hydrogen (secondary N) is 1. The maximum Gasteiger partial charge on any atom is 0.345 e. The summed E-state index contributed by atoms with van der Waals surface area (Å²) in [6.45, 7) is 1.20. The second-order valence-corrected chi connectivity index (χ2v) is 6.47. The third-order valence-electron chi connectivity index (χ3n) is 4.50. The highest BCUT2D eigenvalue weighted by Crippen LogP contribution is 2.17. The number of amides is 1. The number of rotatable bonds is 7. The van der Waals surface area contributed by atoms with Crippen LogP contribution in [0.1, 0.15) is 45.8 Å². The minimum atomic E-state index is -1.36. The molecule has 0 aliphatic carbocycles. The smallest absolute Gasteiger partial charge is 0.345 e. The van der Waals surface area contributed by atoms with Crippen LogP contribution >= 0.6 is 0 Å². The average molecular weight is 389 g/mol. The van der Waals surface area contributed by atoms with Gasteiger partial charge < -0.3 is 10.4 Å². The molecule has 0 bridgehead atoms. The van der Waals surface area contributed by atoms with Gasteiger partial charge in [0.25, 0.3) is 11.6 Å². The molecule has 0 atom stereocenters. The number of benzene rings is 1. The molecule has 2 aromatic rings. The molecule has 28 heavy (non-hydrogen) atoms. The normalized spacial score (nSPS) is 13.0. The van der Waals surface area contributed by atoms with Crippen LogP contribution in [0.3, 0.4) is 0 Å². The summed E-state index contributed by atoms with van der Waals surface area (Å²) in [6, 6.07) is 3.00. The lowest BCUT2D eigenvalue weighted by Crippen LogP contribution is -2.29. The molecule has 2 heterocycles. The molecule has 0 spiro atoms. The van der Waals surface area contributed by atoms with E-state index in [9.17, 15) is 24.5 Å². The second-order valence-electron chi connectivity index (χ2n) is 6.47. The van der Waals surface area contributed by atoms with Gasteiger partial charge in [-0.05, 0) is 25.3 Å². The van der Waals surface area contributed by atoms with Crippen LogP contribution in [-0.2, 0) is 19.5 Å². The van der Waals surface area contributed by atoms with Gasteiger partial charge in [0.05, 0.1) is 10.5 Å². The Morgan fingerprint density at radius 3 is 2.68 bits per heavy atom. The fourth-order valence-electron chi connectivity index (χ4n) is 3.10. The number of carbonyl (C=O) groups is 2. The van der Waals surface area contributed by atoms with Gasteiger partial charge in [-0.2, -0.15) is 5.10 Å². The van der Waals surface area contributed by atoms with Crippen LogP contribution in [0.25, 0.3) is 0 Å². The number of fused-ring (bicyclic) bond motifs is 1. The molecular weight excluding hydrogens is 370 g/mol. The molecule has 0 unspecified atom stereocenters. The summed E-state index contributed by atoms with van der Waals surface area (Å²) in [5, 5.41) is 26.8. The zero-order chi connectivity index (χ0) is 20.3. The molecule has 0 saturated heterocycles. The molecule has 148 valence electrons. The third-order valence-corrected chi connectivity index (χ3v) is 4.50. The lowest BCUT2D eigenvalue weighted by atomic mass is 10.1. The summed E-state index contributed by atoms with van der Waals surface area (Å²) in [6.07, 6.45) is 3.17. The summed E-state index contributed by atoms with van der Waals surface area (Å²) in [7, 11) is 0. The van der Waals surface area contributed by atoms with Gasteiger partial charge in [-0.3, -0.25) is 19.5 Å². The average Bonchev–Trinajstić information content (AvgIpc) is 3.00. The Hall–Kier alpha value is -3.50. The van der Waals surface area contributed by atoms with Crippen molar-refractivity contribution in [3.63, 3.8) is 0 Å². The molecular formula is C17H19N5O6. The van der Waals surface area contributed by atoms with Crippen molar-refractivity contribution >= 4 is 17.6 Å². The van der Waals surface area contributed by atoms with Crippen LogP contribution in [0.2, 0.25) is 0 Å². The maximum atomic E-state index is 12.2. The Labute approximate surface area is 158 Å². The molecule has 1 aromatic carbocycles. The largest absolute Gasteiger partial charge is 0.478 e. The van der Waals surface area contributed by atoms with Crippen LogP contribution < -0.4 is 11.0 Å². The Balaban J connectivity index is 1.60. The lowest BCUT2D eigenvalue weighted by molar-refractivity contribution is -0.384. The molecule has 11 nitrogen and oxygen atoms in total. The summed E-state index contributed by atoms with van der Waals surface area (Å²) >= 11 is 0. The van der Waals surface area contributed by atoms with E-state index >= 15 is 0 Å². The summed E-state index contributed by atoms with van der Waals surface area (Å²) in [4.78, 5) is 45.7. The van der Waals surface area contributed by atoms with Gasteiger partial charge in [-0.1, -0.05) is 0 Å². The minimum absolute atomic E-state index is 0.110. The highest BCUT2D eigenvalue weighted by atomic mass is 16.6. The first kappa shape index (κ1) is 19.3. The van der Waals surface area contributed by atoms with Gasteiger partial charge in [0.2, 0.25) is 0 Å². The first-order valence-corrected chi connectivity index (χ1v) is 8.84. The van der Waals surface area contributed by atoms with Crippen LogP contribution in [0.15, 0.2) is 23.0 Å². The predicted octanol–water partition coefficient (Wildman–Crippen LogP) is 0.808.